The zero-order valence-electron chi connectivity index (χ0n) is 9.77. The van der Waals surface area contributed by atoms with E-state index in [0.29, 0.717) is 6.54 Å². The number of carbonyl (C=O) groups excluding carboxylic acids is 2. The lowest BCUT2D eigenvalue weighted by atomic mass is 10.2. The van der Waals surface area contributed by atoms with Crippen LogP contribution in [-0.2, 0) is 16.1 Å². The van der Waals surface area contributed by atoms with Gasteiger partial charge in [-0.3, -0.25) is 14.9 Å². The summed E-state index contributed by atoms with van der Waals surface area (Å²) in [6.07, 6.45) is 0. The lowest BCUT2D eigenvalue weighted by Crippen LogP contribution is -2.43. The summed E-state index contributed by atoms with van der Waals surface area (Å²) in [6, 6.07) is 9.10. The number of hydrogen-bond donors (Lipinski definition) is 3. The van der Waals surface area contributed by atoms with Crippen LogP contribution >= 0.6 is 0 Å². The largest absolute Gasteiger partial charge is 0.368 e. The van der Waals surface area contributed by atoms with Crippen LogP contribution in [0, 0.1) is 0 Å². The molecule has 0 aromatic heterocycles. The van der Waals surface area contributed by atoms with Crippen LogP contribution in [0.2, 0.25) is 0 Å². The Kier molecular flexibility index (Phi) is 5.16. The van der Waals surface area contributed by atoms with Crippen molar-refractivity contribution in [1.82, 2.24) is 10.6 Å². The molecule has 5 heteroatoms. The van der Waals surface area contributed by atoms with E-state index >= 15 is 0 Å². The molecule has 17 heavy (non-hydrogen) atoms. The van der Waals surface area contributed by atoms with Crippen LogP contribution in [0.1, 0.15) is 12.5 Å². The Morgan fingerprint density at radius 1 is 1.29 bits per heavy atom. The summed E-state index contributed by atoms with van der Waals surface area (Å²) in [6.45, 7) is 2.18. The molecule has 0 spiro atoms. The van der Waals surface area contributed by atoms with Gasteiger partial charge in [-0.1, -0.05) is 30.3 Å². The van der Waals surface area contributed by atoms with Crippen LogP contribution in [0.15, 0.2) is 30.3 Å². The third-order valence-electron chi connectivity index (χ3n) is 2.33. The van der Waals surface area contributed by atoms with Crippen LogP contribution in [0.25, 0.3) is 0 Å². The van der Waals surface area contributed by atoms with E-state index in [0.717, 1.165) is 5.56 Å². The Balaban J connectivity index is 2.24. The smallest absolute Gasteiger partial charge is 0.234 e. The normalized spacial score (nSPS) is 11.8. The first-order valence-corrected chi connectivity index (χ1v) is 5.43. The summed E-state index contributed by atoms with van der Waals surface area (Å²) in [5.41, 5.74) is 6.09. The van der Waals surface area contributed by atoms with Crippen molar-refractivity contribution >= 4 is 11.8 Å². The number of primary amides is 1. The summed E-state index contributed by atoms with van der Waals surface area (Å²) in [7, 11) is 0. The van der Waals surface area contributed by atoms with Crippen molar-refractivity contribution in [3.05, 3.63) is 35.9 Å². The van der Waals surface area contributed by atoms with Gasteiger partial charge in [0.05, 0.1) is 12.6 Å². The number of nitrogens with one attached hydrogen (secondary N) is 2. The van der Waals surface area contributed by atoms with E-state index in [1.165, 1.54) is 0 Å². The summed E-state index contributed by atoms with van der Waals surface area (Å²) < 4.78 is 0. The van der Waals surface area contributed by atoms with Gasteiger partial charge < -0.3 is 11.1 Å². The third-order valence-corrected chi connectivity index (χ3v) is 2.33. The van der Waals surface area contributed by atoms with Crippen molar-refractivity contribution in [3.63, 3.8) is 0 Å². The van der Waals surface area contributed by atoms with Crippen LogP contribution in [0.4, 0.5) is 0 Å². The lowest BCUT2D eigenvalue weighted by molar-refractivity contribution is -0.121. The molecular weight excluding hydrogens is 218 g/mol. The van der Waals surface area contributed by atoms with Gasteiger partial charge in [0, 0.05) is 6.54 Å². The van der Waals surface area contributed by atoms with E-state index in [1.807, 2.05) is 30.3 Å². The minimum absolute atomic E-state index is 0.0803. The summed E-state index contributed by atoms with van der Waals surface area (Å²) in [4.78, 5) is 22.1. The molecule has 0 aliphatic carbocycles. The van der Waals surface area contributed by atoms with Crippen molar-refractivity contribution < 1.29 is 9.59 Å². The monoisotopic (exact) mass is 235 g/mol. The molecule has 1 aromatic carbocycles. The Morgan fingerprint density at radius 2 is 1.94 bits per heavy atom. The molecule has 5 nitrogen and oxygen atoms in total. The van der Waals surface area contributed by atoms with Crippen molar-refractivity contribution in [2.24, 2.45) is 5.73 Å². The van der Waals surface area contributed by atoms with E-state index in [-0.39, 0.29) is 12.5 Å². The standard InChI is InChI=1S/C12H17N3O2/c1-9(12(13)17)14-8-11(16)15-7-10-5-3-2-4-6-10/h2-6,9,14H,7-8H2,1H3,(H2,13,17)(H,15,16). The molecule has 0 heterocycles. The second kappa shape index (κ2) is 6.65. The highest BCUT2D eigenvalue weighted by Crippen LogP contribution is 1.96. The summed E-state index contributed by atoms with van der Waals surface area (Å²) in [5.74, 6) is -0.636. The Labute approximate surface area is 100 Å². The van der Waals surface area contributed by atoms with Gasteiger partial charge in [-0.05, 0) is 12.5 Å². The molecule has 4 N–H and O–H groups in total. The number of rotatable bonds is 6. The molecule has 0 fully saturated rings. The predicted molar refractivity (Wildman–Crippen MR) is 64.9 cm³/mol. The van der Waals surface area contributed by atoms with E-state index in [2.05, 4.69) is 10.6 Å². The zero-order valence-corrected chi connectivity index (χ0v) is 9.77. The summed E-state index contributed by atoms with van der Waals surface area (Å²) in [5, 5.41) is 5.47. The van der Waals surface area contributed by atoms with Gasteiger partial charge in [0.1, 0.15) is 0 Å². The number of nitrogens with two attached hydrogens (primary N) is 1. The average Bonchev–Trinajstić information content (AvgIpc) is 2.34. The van der Waals surface area contributed by atoms with Crippen molar-refractivity contribution in [2.75, 3.05) is 6.54 Å². The molecule has 1 atom stereocenters. The van der Waals surface area contributed by atoms with Gasteiger partial charge in [-0.2, -0.15) is 0 Å². The Morgan fingerprint density at radius 3 is 2.53 bits per heavy atom. The highest BCUT2D eigenvalue weighted by atomic mass is 16.2. The third kappa shape index (κ3) is 5.12. The fraction of sp³-hybridized carbons (Fsp3) is 0.333. The van der Waals surface area contributed by atoms with Crippen LogP contribution in [0.3, 0.4) is 0 Å². The van der Waals surface area contributed by atoms with Crippen molar-refractivity contribution in [3.8, 4) is 0 Å². The minimum atomic E-state index is -0.502. The average molecular weight is 235 g/mol. The first-order chi connectivity index (χ1) is 8.09. The zero-order chi connectivity index (χ0) is 12.7. The molecule has 92 valence electrons. The maximum Gasteiger partial charge on any atom is 0.234 e. The highest BCUT2D eigenvalue weighted by Gasteiger charge is 2.09. The molecule has 0 aliphatic rings. The van der Waals surface area contributed by atoms with Gasteiger partial charge in [0.15, 0.2) is 0 Å². The van der Waals surface area contributed by atoms with Gasteiger partial charge in [0.25, 0.3) is 0 Å². The fourth-order valence-corrected chi connectivity index (χ4v) is 1.21. The van der Waals surface area contributed by atoms with E-state index < -0.39 is 11.9 Å². The molecule has 1 aromatic rings. The maximum atomic E-state index is 11.4. The summed E-state index contributed by atoms with van der Waals surface area (Å²) >= 11 is 0. The Hall–Kier alpha value is -1.88. The molecule has 0 bridgehead atoms. The van der Waals surface area contributed by atoms with E-state index in [9.17, 15) is 9.59 Å². The fourth-order valence-electron chi connectivity index (χ4n) is 1.21. The number of benzene rings is 1. The minimum Gasteiger partial charge on any atom is -0.368 e. The molecule has 1 rings (SSSR count). The first-order valence-electron chi connectivity index (χ1n) is 5.43. The van der Waals surface area contributed by atoms with Crippen molar-refractivity contribution in [1.29, 1.82) is 0 Å². The maximum absolute atomic E-state index is 11.4. The number of hydrogen-bond acceptors (Lipinski definition) is 3. The molecule has 0 radical (unpaired) electrons. The van der Waals surface area contributed by atoms with Crippen LogP contribution < -0.4 is 16.4 Å². The van der Waals surface area contributed by atoms with Crippen LogP contribution in [-0.4, -0.2) is 24.4 Å². The quantitative estimate of drug-likeness (QED) is 0.636. The topological polar surface area (TPSA) is 84.2 Å². The molecule has 1 unspecified atom stereocenters. The molecule has 2 amide bonds. The SMILES string of the molecule is CC(NCC(=O)NCc1ccccc1)C(N)=O. The van der Waals surface area contributed by atoms with Crippen molar-refractivity contribution in [2.45, 2.75) is 19.5 Å². The van der Waals surface area contributed by atoms with Gasteiger partial charge in [-0.15, -0.1) is 0 Å². The predicted octanol–water partition coefficient (Wildman–Crippen LogP) is -0.234. The van der Waals surface area contributed by atoms with E-state index in [4.69, 9.17) is 5.73 Å². The number of amides is 2. The molecular formula is C12H17N3O2. The van der Waals surface area contributed by atoms with Crippen LogP contribution in [0.5, 0.6) is 0 Å². The first kappa shape index (κ1) is 13.2. The lowest BCUT2D eigenvalue weighted by Gasteiger charge is -2.10. The van der Waals surface area contributed by atoms with Gasteiger partial charge >= 0.3 is 0 Å². The molecule has 0 saturated carbocycles. The Bertz CT molecular complexity index is 379. The molecule has 0 saturated heterocycles. The molecule has 0 aliphatic heterocycles. The second-order valence-electron chi connectivity index (χ2n) is 3.77. The van der Waals surface area contributed by atoms with E-state index in [1.54, 1.807) is 6.92 Å². The van der Waals surface area contributed by atoms with Gasteiger partial charge in [0.2, 0.25) is 11.8 Å². The van der Waals surface area contributed by atoms with Gasteiger partial charge in [-0.25, -0.2) is 0 Å². The second-order valence-corrected chi connectivity index (χ2v) is 3.77. The number of carbonyl (C=O) groups is 2. The highest BCUT2D eigenvalue weighted by molar-refractivity contribution is 5.82.